The van der Waals surface area contributed by atoms with Crippen LogP contribution in [-0.2, 0) is 9.59 Å². The highest BCUT2D eigenvalue weighted by Gasteiger charge is 2.18. The summed E-state index contributed by atoms with van der Waals surface area (Å²) in [7, 11) is 0. The van der Waals surface area contributed by atoms with E-state index in [1.54, 1.807) is 43.3 Å². The summed E-state index contributed by atoms with van der Waals surface area (Å²) in [5.41, 5.74) is 0. The lowest BCUT2D eigenvalue weighted by Crippen LogP contribution is -2.42. The van der Waals surface area contributed by atoms with Crippen molar-refractivity contribution in [2.75, 3.05) is 6.61 Å². The monoisotopic (exact) mass is 297 g/mol. The average Bonchev–Trinajstić information content (AvgIpc) is 2.41. The van der Waals surface area contributed by atoms with Crippen LogP contribution in [-0.4, -0.2) is 29.6 Å². The van der Waals surface area contributed by atoms with E-state index in [-0.39, 0.29) is 13.0 Å². The van der Waals surface area contributed by atoms with Crippen molar-refractivity contribution in [3.05, 3.63) is 41.4 Å². The highest BCUT2D eigenvalue weighted by Crippen LogP contribution is 2.16. The van der Waals surface area contributed by atoms with Crippen molar-refractivity contribution in [2.24, 2.45) is 0 Å². The zero-order valence-corrected chi connectivity index (χ0v) is 11.8. The Bertz CT molecular complexity index is 502. The molecule has 5 nitrogen and oxygen atoms in total. The summed E-state index contributed by atoms with van der Waals surface area (Å²) in [6.07, 6.45) is 3.64. The number of aliphatic carboxylic acids is 1. The third kappa shape index (κ3) is 5.75. The summed E-state index contributed by atoms with van der Waals surface area (Å²) in [6, 6.07) is 5.66. The Morgan fingerprint density at radius 3 is 2.85 bits per heavy atom. The van der Waals surface area contributed by atoms with Gasteiger partial charge in [0.15, 0.2) is 6.61 Å². The van der Waals surface area contributed by atoms with E-state index in [9.17, 15) is 9.59 Å². The maximum Gasteiger partial charge on any atom is 0.326 e. The number of rotatable bonds is 7. The molecular formula is C14H16ClNO4. The first-order valence-electron chi connectivity index (χ1n) is 6.04. The Morgan fingerprint density at radius 1 is 1.50 bits per heavy atom. The van der Waals surface area contributed by atoms with Crippen molar-refractivity contribution in [2.45, 2.75) is 19.4 Å². The van der Waals surface area contributed by atoms with E-state index < -0.39 is 17.9 Å². The first kappa shape index (κ1) is 16.0. The predicted molar refractivity (Wildman–Crippen MR) is 75.9 cm³/mol. The summed E-state index contributed by atoms with van der Waals surface area (Å²) in [5.74, 6) is -1.13. The van der Waals surface area contributed by atoms with Gasteiger partial charge in [-0.05, 0) is 31.5 Å². The number of carboxylic acid groups (broad SMARTS) is 1. The number of hydrogen-bond acceptors (Lipinski definition) is 3. The maximum absolute atomic E-state index is 11.6. The van der Waals surface area contributed by atoms with Crippen molar-refractivity contribution in [3.63, 3.8) is 0 Å². The third-order valence-corrected chi connectivity index (χ3v) is 2.64. The minimum Gasteiger partial charge on any atom is -0.484 e. The molecule has 108 valence electrons. The highest BCUT2D eigenvalue weighted by atomic mass is 35.5. The van der Waals surface area contributed by atoms with Gasteiger partial charge in [-0.1, -0.05) is 29.8 Å². The molecule has 0 fully saturated rings. The summed E-state index contributed by atoms with van der Waals surface area (Å²) in [4.78, 5) is 22.6. The van der Waals surface area contributed by atoms with Crippen LogP contribution in [0, 0.1) is 0 Å². The number of carbonyl (C=O) groups excluding carboxylic acids is 1. The summed E-state index contributed by atoms with van der Waals surface area (Å²) >= 11 is 5.78. The smallest absolute Gasteiger partial charge is 0.326 e. The molecule has 0 aliphatic heterocycles. The normalized spacial score (nSPS) is 12.1. The molecule has 0 aromatic heterocycles. The number of halogens is 1. The number of benzene rings is 1. The Balaban J connectivity index is 2.47. The Morgan fingerprint density at radius 2 is 2.25 bits per heavy atom. The van der Waals surface area contributed by atoms with Gasteiger partial charge in [-0.2, -0.15) is 0 Å². The van der Waals surface area contributed by atoms with E-state index in [1.165, 1.54) is 0 Å². The van der Waals surface area contributed by atoms with Crippen LogP contribution < -0.4 is 10.1 Å². The SMILES string of the molecule is C/C=C/CC(NC(=O)COc1cccc(Cl)c1)C(=O)O. The molecule has 0 saturated heterocycles. The Kier molecular flexibility index (Phi) is 6.59. The first-order chi connectivity index (χ1) is 9.52. The highest BCUT2D eigenvalue weighted by molar-refractivity contribution is 6.30. The summed E-state index contributed by atoms with van der Waals surface area (Å²) < 4.78 is 5.23. The third-order valence-electron chi connectivity index (χ3n) is 2.41. The molecule has 1 amide bonds. The second-order valence-corrected chi connectivity index (χ2v) is 4.45. The van der Waals surface area contributed by atoms with Gasteiger partial charge in [0, 0.05) is 5.02 Å². The fraction of sp³-hybridized carbons (Fsp3) is 0.286. The summed E-state index contributed by atoms with van der Waals surface area (Å²) in [5, 5.41) is 11.9. The van der Waals surface area contributed by atoms with E-state index in [4.69, 9.17) is 21.4 Å². The molecule has 1 aromatic rings. The molecule has 6 heteroatoms. The standard InChI is InChI=1S/C14H16ClNO4/c1-2-3-7-12(14(18)19)16-13(17)9-20-11-6-4-5-10(15)8-11/h2-6,8,12H,7,9H2,1H3,(H,16,17)(H,18,19)/b3-2+. The number of ether oxygens (including phenoxy) is 1. The molecular weight excluding hydrogens is 282 g/mol. The van der Waals surface area contributed by atoms with Crippen LogP contribution in [0.4, 0.5) is 0 Å². The zero-order valence-electron chi connectivity index (χ0n) is 11.0. The van der Waals surface area contributed by atoms with Crippen LogP contribution >= 0.6 is 11.6 Å². The number of carboxylic acids is 1. The molecule has 20 heavy (non-hydrogen) atoms. The minimum atomic E-state index is -1.08. The topological polar surface area (TPSA) is 75.6 Å². The van der Waals surface area contributed by atoms with Crippen molar-refractivity contribution in [3.8, 4) is 5.75 Å². The van der Waals surface area contributed by atoms with Crippen LogP contribution in [0.2, 0.25) is 5.02 Å². The van der Waals surface area contributed by atoms with Gasteiger partial charge in [0.2, 0.25) is 0 Å². The maximum atomic E-state index is 11.6. The first-order valence-corrected chi connectivity index (χ1v) is 6.42. The van der Waals surface area contributed by atoms with Crippen molar-refractivity contribution in [1.29, 1.82) is 0 Å². The van der Waals surface area contributed by atoms with Gasteiger partial charge < -0.3 is 15.2 Å². The van der Waals surface area contributed by atoms with E-state index in [2.05, 4.69) is 5.32 Å². The molecule has 2 N–H and O–H groups in total. The van der Waals surface area contributed by atoms with Crippen LogP contribution in [0.5, 0.6) is 5.75 Å². The molecule has 0 spiro atoms. The lowest BCUT2D eigenvalue weighted by atomic mass is 10.2. The van der Waals surface area contributed by atoms with Crippen LogP contribution in [0.3, 0.4) is 0 Å². The van der Waals surface area contributed by atoms with Crippen molar-refractivity contribution >= 4 is 23.5 Å². The van der Waals surface area contributed by atoms with Crippen molar-refractivity contribution in [1.82, 2.24) is 5.32 Å². The molecule has 1 atom stereocenters. The second kappa shape index (κ2) is 8.22. The molecule has 0 aliphatic rings. The molecule has 0 heterocycles. The van der Waals surface area contributed by atoms with Crippen LogP contribution in [0.25, 0.3) is 0 Å². The van der Waals surface area contributed by atoms with Crippen LogP contribution in [0.15, 0.2) is 36.4 Å². The van der Waals surface area contributed by atoms with Crippen LogP contribution in [0.1, 0.15) is 13.3 Å². The summed E-state index contributed by atoms with van der Waals surface area (Å²) in [6.45, 7) is 1.52. The van der Waals surface area contributed by atoms with E-state index in [0.717, 1.165) is 0 Å². The van der Waals surface area contributed by atoms with Gasteiger partial charge in [0.05, 0.1) is 0 Å². The van der Waals surface area contributed by atoms with E-state index in [1.807, 2.05) is 0 Å². The lowest BCUT2D eigenvalue weighted by Gasteiger charge is -2.13. The average molecular weight is 298 g/mol. The number of carbonyl (C=O) groups is 2. The molecule has 0 saturated carbocycles. The van der Waals surface area contributed by atoms with E-state index >= 15 is 0 Å². The van der Waals surface area contributed by atoms with Gasteiger partial charge >= 0.3 is 5.97 Å². The zero-order chi connectivity index (χ0) is 15.0. The fourth-order valence-electron chi connectivity index (χ4n) is 1.44. The molecule has 1 rings (SSSR count). The number of hydrogen-bond donors (Lipinski definition) is 2. The second-order valence-electron chi connectivity index (χ2n) is 4.01. The predicted octanol–water partition coefficient (Wildman–Crippen LogP) is 2.25. The lowest BCUT2D eigenvalue weighted by molar-refractivity contribution is -0.142. The minimum absolute atomic E-state index is 0.231. The Labute approximate surface area is 122 Å². The Hall–Kier alpha value is -2.01. The van der Waals surface area contributed by atoms with Gasteiger partial charge in [-0.15, -0.1) is 0 Å². The van der Waals surface area contributed by atoms with Gasteiger partial charge in [0.25, 0.3) is 5.91 Å². The molecule has 1 aromatic carbocycles. The van der Waals surface area contributed by atoms with Gasteiger partial charge in [0.1, 0.15) is 11.8 Å². The van der Waals surface area contributed by atoms with Gasteiger partial charge in [-0.3, -0.25) is 4.79 Å². The molecule has 0 bridgehead atoms. The molecule has 0 radical (unpaired) electrons. The largest absolute Gasteiger partial charge is 0.484 e. The van der Waals surface area contributed by atoms with E-state index in [0.29, 0.717) is 10.8 Å². The fourth-order valence-corrected chi connectivity index (χ4v) is 1.62. The number of nitrogens with one attached hydrogen (secondary N) is 1. The van der Waals surface area contributed by atoms with Crippen molar-refractivity contribution < 1.29 is 19.4 Å². The molecule has 1 unspecified atom stereocenters. The van der Waals surface area contributed by atoms with Gasteiger partial charge in [-0.25, -0.2) is 4.79 Å². The molecule has 0 aliphatic carbocycles. The quantitative estimate of drug-likeness (QED) is 0.757. The number of amides is 1. The number of allylic oxidation sites excluding steroid dienone is 1.